The normalized spacial score (nSPS) is 15.5. The monoisotopic (exact) mass is 421 g/mol. The summed E-state index contributed by atoms with van der Waals surface area (Å²) in [5.74, 6) is -3.90. The van der Waals surface area contributed by atoms with E-state index in [0.717, 1.165) is 17.7 Å². The van der Waals surface area contributed by atoms with Crippen LogP contribution < -0.4 is 5.32 Å². The minimum atomic E-state index is -1.53. The van der Waals surface area contributed by atoms with Gasteiger partial charge >= 0.3 is 0 Å². The number of likely N-dealkylation sites (tertiary alicyclic amines) is 1. The van der Waals surface area contributed by atoms with E-state index >= 15 is 0 Å². The number of anilines is 2. The van der Waals surface area contributed by atoms with Crippen LogP contribution in [0.4, 0.5) is 24.5 Å². The van der Waals surface area contributed by atoms with E-state index in [2.05, 4.69) is 10.5 Å². The number of nitroso groups, excluding NO2 is 1. The van der Waals surface area contributed by atoms with E-state index in [1.807, 2.05) is 6.92 Å². The second-order valence-corrected chi connectivity index (χ2v) is 7.92. The number of benzene rings is 2. The van der Waals surface area contributed by atoms with Gasteiger partial charge in [-0.1, -0.05) is 18.2 Å². The van der Waals surface area contributed by atoms with Crippen molar-refractivity contribution >= 4 is 17.3 Å². The van der Waals surface area contributed by atoms with Gasteiger partial charge in [-0.25, -0.2) is 13.2 Å². The molecule has 160 valence electrons. The maximum Gasteiger partial charge on any atom is 0.256 e. The molecule has 1 fully saturated rings. The smallest absolute Gasteiger partial charge is 0.256 e. The zero-order chi connectivity index (χ0) is 22.3. The molecule has 0 aromatic heterocycles. The second-order valence-electron chi connectivity index (χ2n) is 7.92. The molecular formula is C21H22F3N3O3. The van der Waals surface area contributed by atoms with Gasteiger partial charge in [-0.15, -0.1) is 0 Å². The van der Waals surface area contributed by atoms with Crippen LogP contribution in [-0.2, 0) is 6.42 Å². The van der Waals surface area contributed by atoms with Gasteiger partial charge in [-0.05, 0) is 50.1 Å². The second kappa shape index (κ2) is 7.71. The highest BCUT2D eigenvalue weighted by Gasteiger charge is 2.55. The molecule has 0 bridgehead atoms. The third kappa shape index (κ3) is 3.65. The zero-order valence-corrected chi connectivity index (χ0v) is 16.8. The number of aryl methyl sites for hydroxylation is 1. The van der Waals surface area contributed by atoms with Gasteiger partial charge in [0.15, 0.2) is 11.6 Å². The number of carbonyl (C=O) groups excluding carboxylic acids is 1. The topological polar surface area (TPSA) is 82.0 Å². The SMILES string of the molecule is CCc1ccc(Nc2c(C(=O)N3CC(O)(C(C)(C)N=O)C3)ccc(F)c2F)c(F)c1. The minimum Gasteiger partial charge on any atom is -0.384 e. The van der Waals surface area contributed by atoms with Crippen LogP contribution in [0.2, 0.25) is 0 Å². The van der Waals surface area contributed by atoms with Crippen LogP contribution in [0, 0.1) is 22.4 Å². The summed E-state index contributed by atoms with van der Waals surface area (Å²) in [4.78, 5) is 25.0. The Morgan fingerprint density at radius 1 is 1.20 bits per heavy atom. The van der Waals surface area contributed by atoms with Crippen molar-refractivity contribution in [3.8, 4) is 0 Å². The zero-order valence-electron chi connectivity index (χ0n) is 16.8. The van der Waals surface area contributed by atoms with E-state index in [0.29, 0.717) is 6.42 Å². The lowest BCUT2D eigenvalue weighted by Crippen LogP contribution is -2.71. The predicted octanol–water partition coefficient (Wildman–Crippen LogP) is 4.14. The molecule has 0 spiro atoms. The molecule has 6 nitrogen and oxygen atoms in total. The maximum absolute atomic E-state index is 14.5. The summed E-state index contributed by atoms with van der Waals surface area (Å²) >= 11 is 0. The molecule has 30 heavy (non-hydrogen) atoms. The highest BCUT2D eigenvalue weighted by atomic mass is 19.2. The fourth-order valence-electron chi connectivity index (χ4n) is 3.24. The van der Waals surface area contributed by atoms with E-state index < -0.39 is 40.2 Å². The molecule has 0 saturated carbocycles. The van der Waals surface area contributed by atoms with E-state index in [-0.39, 0.29) is 24.3 Å². The van der Waals surface area contributed by atoms with Crippen molar-refractivity contribution < 1.29 is 23.1 Å². The van der Waals surface area contributed by atoms with Crippen LogP contribution in [0.15, 0.2) is 35.5 Å². The molecule has 9 heteroatoms. The van der Waals surface area contributed by atoms with Crippen LogP contribution in [0.3, 0.4) is 0 Å². The maximum atomic E-state index is 14.5. The summed E-state index contributed by atoms with van der Waals surface area (Å²) in [5.41, 5.74) is -2.99. The van der Waals surface area contributed by atoms with E-state index in [4.69, 9.17) is 0 Å². The highest BCUT2D eigenvalue weighted by molar-refractivity contribution is 6.01. The van der Waals surface area contributed by atoms with Crippen LogP contribution in [0.5, 0.6) is 0 Å². The number of carbonyl (C=O) groups is 1. The van der Waals surface area contributed by atoms with Gasteiger partial charge in [-0.3, -0.25) is 4.79 Å². The minimum absolute atomic E-state index is 0.114. The standard InChI is InChI=1S/C21H22F3N3O3/c1-4-12-5-8-16(15(23)9-12)25-18-13(6-7-14(22)17(18)24)19(28)27-10-21(29,11-27)20(2,3)26-30/h5-9,25,29H,4,10-11H2,1-3H3. The Balaban J connectivity index is 1.91. The van der Waals surface area contributed by atoms with Gasteiger partial charge < -0.3 is 15.3 Å². The molecule has 0 unspecified atom stereocenters. The molecule has 1 aliphatic heterocycles. The first kappa shape index (κ1) is 21.8. The van der Waals surface area contributed by atoms with Gasteiger partial charge in [0.05, 0.1) is 30.0 Å². The number of nitrogens with zero attached hydrogens (tertiary/aromatic N) is 2. The van der Waals surface area contributed by atoms with Crippen molar-refractivity contribution in [2.75, 3.05) is 18.4 Å². The third-order valence-corrected chi connectivity index (χ3v) is 5.59. The Labute approximate surface area is 171 Å². The Hall–Kier alpha value is -2.94. The number of β-amino-alcohol motifs (C(OH)–C–C–N with tert-alkyl or cyclic N) is 1. The lowest BCUT2D eigenvalue weighted by molar-refractivity contribution is -0.120. The third-order valence-electron chi connectivity index (χ3n) is 5.59. The first-order valence-corrected chi connectivity index (χ1v) is 9.42. The van der Waals surface area contributed by atoms with Gasteiger partial charge in [-0.2, -0.15) is 4.91 Å². The Morgan fingerprint density at radius 2 is 1.87 bits per heavy atom. The van der Waals surface area contributed by atoms with Crippen molar-refractivity contribution in [1.29, 1.82) is 0 Å². The molecular weight excluding hydrogens is 399 g/mol. The summed E-state index contributed by atoms with van der Waals surface area (Å²) in [6.07, 6.45) is 0.596. The van der Waals surface area contributed by atoms with E-state index in [9.17, 15) is 28.0 Å². The van der Waals surface area contributed by atoms with Gasteiger partial charge in [0, 0.05) is 0 Å². The summed E-state index contributed by atoms with van der Waals surface area (Å²) in [5, 5.41) is 15.9. The lowest BCUT2D eigenvalue weighted by atomic mass is 9.77. The average molecular weight is 421 g/mol. The molecule has 0 atom stereocenters. The van der Waals surface area contributed by atoms with Crippen molar-refractivity contribution in [3.05, 3.63) is 63.8 Å². The molecule has 2 aromatic rings. The Morgan fingerprint density at radius 3 is 2.43 bits per heavy atom. The van der Waals surface area contributed by atoms with E-state index in [1.54, 1.807) is 6.07 Å². The molecule has 2 aromatic carbocycles. The fraction of sp³-hybridized carbons (Fsp3) is 0.381. The number of hydrogen-bond donors (Lipinski definition) is 2. The largest absolute Gasteiger partial charge is 0.384 e. The fourth-order valence-corrected chi connectivity index (χ4v) is 3.24. The molecule has 0 aliphatic carbocycles. The van der Waals surface area contributed by atoms with Crippen molar-refractivity contribution in [3.63, 3.8) is 0 Å². The first-order valence-electron chi connectivity index (χ1n) is 9.42. The summed E-state index contributed by atoms with van der Waals surface area (Å²) < 4.78 is 42.7. The molecule has 0 radical (unpaired) electrons. The first-order chi connectivity index (χ1) is 14.0. The molecule has 1 heterocycles. The molecule has 3 rings (SSSR count). The van der Waals surface area contributed by atoms with Crippen molar-refractivity contribution in [1.82, 2.24) is 4.90 Å². The average Bonchev–Trinajstić information content (AvgIpc) is 2.69. The highest BCUT2D eigenvalue weighted by Crippen LogP contribution is 2.37. The number of halogens is 3. The lowest BCUT2D eigenvalue weighted by Gasteiger charge is -2.51. The van der Waals surface area contributed by atoms with Crippen LogP contribution in [0.1, 0.15) is 36.7 Å². The molecule has 2 N–H and O–H groups in total. The summed E-state index contributed by atoms with van der Waals surface area (Å²) in [6, 6.07) is 6.17. The molecule has 1 amide bonds. The summed E-state index contributed by atoms with van der Waals surface area (Å²) in [7, 11) is 0. The number of amides is 1. The van der Waals surface area contributed by atoms with E-state index in [1.165, 1.54) is 30.9 Å². The van der Waals surface area contributed by atoms with Crippen molar-refractivity contribution in [2.24, 2.45) is 5.18 Å². The number of nitrogens with one attached hydrogen (secondary N) is 1. The van der Waals surface area contributed by atoms with Crippen LogP contribution in [0.25, 0.3) is 0 Å². The van der Waals surface area contributed by atoms with Gasteiger partial charge in [0.1, 0.15) is 17.0 Å². The summed E-state index contributed by atoms with van der Waals surface area (Å²) in [6.45, 7) is 4.32. The number of hydrogen-bond acceptors (Lipinski definition) is 5. The number of rotatable bonds is 6. The van der Waals surface area contributed by atoms with Crippen LogP contribution in [-0.4, -0.2) is 40.1 Å². The van der Waals surface area contributed by atoms with Gasteiger partial charge in [0.25, 0.3) is 5.91 Å². The molecule has 1 aliphatic rings. The Kier molecular flexibility index (Phi) is 5.60. The van der Waals surface area contributed by atoms with Crippen LogP contribution >= 0.6 is 0 Å². The predicted molar refractivity (Wildman–Crippen MR) is 106 cm³/mol. The molecule has 1 saturated heterocycles. The van der Waals surface area contributed by atoms with Crippen molar-refractivity contribution in [2.45, 2.75) is 38.3 Å². The van der Waals surface area contributed by atoms with Gasteiger partial charge in [0.2, 0.25) is 0 Å². The Bertz CT molecular complexity index is 1000. The number of aliphatic hydroxyl groups is 1. The quantitative estimate of drug-likeness (QED) is 0.687.